The number of hydrogen-bond acceptors (Lipinski definition) is 7. The predicted octanol–water partition coefficient (Wildman–Crippen LogP) is 3.52. The van der Waals surface area contributed by atoms with Crippen molar-refractivity contribution in [2.75, 3.05) is 23.4 Å². The number of rotatable bonds is 6. The number of hydrogen-bond donors (Lipinski definition) is 2. The van der Waals surface area contributed by atoms with Crippen LogP contribution in [0.1, 0.15) is 12.8 Å². The summed E-state index contributed by atoms with van der Waals surface area (Å²) < 4.78 is 44.4. The molecule has 9 nitrogen and oxygen atoms in total. The summed E-state index contributed by atoms with van der Waals surface area (Å²) in [7, 11) is 0. The van der Waals surface area contributed by atoms with E-state index in [1.54, 1.807) is 21.6 Å². The van der Waals surface area contributed by atoms with Crippen molar-refractivity contribution in [3.05, 3.63) is 55.1 Å². The van der Waals surface area contributed by atoms with Gasteiger partial charge in [0.15, 0.2) is 5.82 Å². The molecule has 0 spiro atoms. The first-order valence-electron chi connectivity index (χ1n) is 10.3. The smallest absolute Gasteiger partial charge is 0.406 e. The topological polar surface area (TPSA) is 92.7 Å². The number of aliphatic hydroxyl groups is 1. The lowest BCUT2D eigenvalue weighted by Crippen LogP contribution is -2.34. The van der Waals surface area contributed by atoms with Crippen molar-refractivity contribution in [2.45, 2.75) is 25.2 Å². The van der Waals surface area contributed by atoms with E-state index >= 15 is 0 Å². The molecule has 0 amide bonds. The van der Waals surface area contributed by atoms with E-state index in [0.29, 0.717) is 23.3 Å². The standard InChI is InChI=1S/C21H20F3N7O2/c22-21(23,24)33-16-7-5-14(6-8-16)29-11-18(25-13-29)26-19-17-4-2-10-31(17)28-20(27-19)30-9-1-3-15(30)12-32/h2,4-8,10-11,13,15,32H,1,3,9,12H2,(H,26,27,28). The quantitative estimate of drug-likeness (QED) is 0.456. The maximum Gasteiger partial charge on any atom is 0.573 e. The number of nitrogens with zero attached hydrogens (tertiary/aromatic N) is 6. The molecular formula is C21H20F3N7O2. The van der Waals surface area contributed by atoms with Gasteiger partial charge in [-0.25, -0.2) is 9.50 Å². The second kappa shape index (κ2) is 8.28. The number of alkyl halides is 3. The number of halogens is 3. The van der Waals surface area contributed by atoms with Crippen molar-refractivity contribution in [3.8, 4) is 11.4 Å². The van der Waals surface area contributed by atoms with Gasteiger partial charge in [0, 0.05) is 18.4 Å². The highest BCUT2D eigenvalue weighted by molar-refractivity contribution is 5.73. The summed E-state index contributed by atoms with van der Waals surface area (Å²) >= 11 is 0. The summed E-state index contributed by atoms with van der Waals surface area (Å²) in [5.74, 6) is 1.26. The SMILES string of the molecule is OCC1CCCN1c1nc(Nc2cn(-c3ccc(OC(F)(F)F)cc3)cn2)c2cccn2n1. The largest absolute Gasteiger partial charge is 0.573 e. The van der Waals surface area contributed by atoms with E-state index in [1.165, 1.54) is 24.3 Å². The van der Waals surface area contributed by atoms with E-state index in [0.717, 1.165) is 24.9 Å². The van der Waals surface area contributed by atoms with Gasteiger partial charge >= 0.3 is 6.36 Å². The highest BCUT2D eigenvalue weighted by atomic mass is 19.4. The van der Waals surface area contributed by atoms with Gasteiger partial charge in [-0.3, -0.25) is 0 Å². The number of fused-ring (bicyclic) bond motifs is 1. The van der Waals surface area contributed by atoms with Crippen LogP contribution in [-0.2, 0) is 0 Å². The van der Waals surface area contributed by atoms with Crippen LogP contribution in [0.3, 0.4) is 0 Å². The van der Waals surface area contributed by atoms with Crippen molar-refractivity contribution < 1.29 is 23.0 Å². The molecule has 1 saturated heterocycles. The van der Waals surface area contributed by atoms with Crippen LogP contribution in [0, 0.1) is 0 Å². The van der Waals surface area contributed by atoms with Gasteiger partial charge in [-0.1, -0.05) is 0 Å². The second-order valence-electron chi connectivity index (χ2n) is 7.60. The van der Waals surface area contributed by atoms with E-state index in [9.17, 15) is 18.3 Å². The Balaban J connectivity index is 1.39. The first-order chi connectivity index (χ1) is 15.9. The van der Waals surface area contributed by atoms with E-state index in [4.69, 9.17) is 0 Å². The van der Waals surface area contributed by atoms with Gasteiger partial charge in [0.1, 0.15) is 23.4 Å². The molecule has 0 radical (unpaired) electrons. The van der Waals surface area contributed by atoms with Crippen LogP contribution in [0.5, 0.6) is 5.75 Å². The number of benzene rings is 1. The highest BCUT2D eigenvalue weighted by Crippen LogP contribution is 2.27. The van der Waals surface area contributed by atoms with Crippen molar-refractivity contribution in [2.24, 2.45) is 0 Å². The molecule has 4 heterocycles. The normalized spacial score (nSPS) is 16.5. The van der Waals surface area contributed by atoms with Gasteiger partial charge < -0.3 is 24.6 Å². The average molecular weight is 459 g/mol. The second-order valence-corrected chi connectivity index (χ2v) is 7.60. The fraction of sp³-hybridized carbons (Fsp3) is 0.286. The van der Waals surface area contributed by atoms with Gasteiger partial charge in [0.25, 0.3) is 0 Å². The Morgan fingerprint density at radius 3 is 2.76 bits per heavy atom. The number of imidazole rings is 1. The fourth-order valence-electron chi connectivity index (χ4n) is 3.90. The van der Waals surface area contributed by atoms with Crippen molar-refractivity contribution in [3.63, 3.8) is 0 Å². The molecule has 5 rings (SSSR count). The van der Waals surface area contributed by atoms with Crippen molar-refractivity contribution >= 4 is 23.1 Å². The summed E-state index contributed by atoms with van der Waals surface area (Å²) in [4.78, 5) is 11.0. The fourth-order valence-corrected chi connectivity index (χ4v) is 3.90. The van der Waals surface area contributed by atoms with Crippen LogP contribution in [0.2, 0.25) is 0 Å². The van der Waals surface area contributed by atoms with Crippen LogP contribution in [0.15, 0.2) is 55.1 Å². The van der Waals surface area contributed by atoms with Crippen LogP contribution in [0.25, 0.3) is 11.2 Å². The molecule has 0 saturated carbocycles. The van der Waals surface area contributed by atoms with Crippen LogP contribution in [-0.4, -0.2) is 54.8 Å². The summed E-state index contributed by atoms with van der Waals surface area (Å²) in [6.45, 7) is 0.799. The zero-order valence-electron chi connectivity index (χ0n) is 17.3. The number of aliphatic hydroxyl groups excluding tert-OH is 1. The summed E-state index contributed by atoms with van der Waals surface area (Å²) in [6, 6.07) is 9.20. The molecule has 172 valence electrons. The Hall–Kier alpha value is -3.80. The van der Waals surface area contributed by atoms with Gasteiger partial charge in [-0.2, -0.15) is 4.98 Å². The minimum absolute atomic E-state index is 0.0191. The molecule has 1 aromatic carbocycles. The first kappa shape index (κ1) is 21.1. The maximum absolute atomic E-state index is 12.4. The third kappa shape index (κ3) is 4.42. The Morgan fingerprint density at radius 1 is 1.18 bits per heavy atom. The molecule has 3 aromatic heterocycles. The van der Waals surface area contributed by atoms with Crippen LogP contribution >= 0.6 is 0 Å². The molecule has 2 N–H and O–H groups in total. The van der Waals surface area contributed by atoms with Gasteiger partial charge in [0.05, 0.1) is 18.8 Å². The van der Waals surface area contributed by atoms with E-state index in [2.05, 4.69) is 25.1 Å². The lowest BCUT2D eigenvalue weighted by Gasteiger charge is -2.23. The van der Waals surface area contributed by atoms with Gasteiger partial charge in [-0.05, 0) is 49.2 Å². The molecular weight excluding hydrogens is 439 g/mol. The zero-order valence-corrected chi connectivity index (χ0v) is 17.3. The molecule has 1 atom stereocenters. The molecule has 0 bridgehead atoms. The molecule has 1 aliphatic rings. The minimum Gasteiger partial charge on any atom is -0.406 e. The molecule has 1 unspecified atom stereocenters. The van der Waals surface area contributed by atoms with E-state index in [-0.39, 0.29) is 18.4 Å². The van der Waals surface area contributed by atoms with Gasteiger partial charge in [0.2, 0.25) is 5.95 Å². The Bertz CT molecular complexity index is 1250. The molecule has 1 fully saturated rings. The monoisotopic (exact) mass is 459 g/mol. The summed E-state index contributed by atoms with van der Waals surface area (Å²) in [6.07, 6.45) is 2.16. The number of nitrogens with one attached hydrogen (secondary N) is 1. The minimum atomic E-state index is -4.74. The Morgan fingerprint density at radius 2 is 2.00 bits per heavy atom. The van der Waals surface area contributed by atoms with Crippen molar-refractivity contribution in [1.82, 2.24) is 24.1 Å². The lowest BCUT2D eigenvalue weighted by atomic mass is 10.2. The van der Waals surface area contributed by atoms with Crippen LogP contribution < -0.4 is 15.0 Å². The molecule has 0 aliphatic carbocycles. The van der Waals surface area contributed by atoms with Crippen molar-refractivity contribution in [1.29, 1.82) is 0 Å². The zero-order chi connectivity index (χ0) is 23.0. The number of ether oxygens (including phenoxy) is 1. The van der Waals surface area contributed by atoms with Crippen LogP contribution in [0.4, 0.5) is 30.8 Å². The maximum atomic E-state index is 12.4. The average Bonchev–Trinajstić information content (AvgIpc) is 3.53. The molecule has 33 heavy (non-hydrogen) atoms. The van der Waals surface area contributed by atoms with E-state index < -0.39 is 6.36 Å². The molecule has 1 aliphatic heterocycles. The predicted molar refractivity (Wildman–Crippen MR) is 114 cm³/mol. The number of aromatic nitrogens is 5. The summed E-state index contributed by atoms with van der Waals surface area (Å²) in [5, 5.41) is 17.4. The summed E-state index contributed by atoms with van der Waals surface area (Å²) in [5.41, 5.74) is 1.37. The Labute approximate surface area is 186 Å². The molecule has 12 heteroatoms. The number of anilines is 3. The van der Waals surface area contributed by atoms with Gasteiger partial charge in [-0.15, -0.1) is 18.3 Å². The third-order valence-electron chi connectivity index (χ3n) is 5.42. The third-order valence-corrected chi connectivity index (χ3v) is 5.42. The highest BCUT2D eigenvalue weighted by Gasteiger charge is 2.31. The molecule has 4 aromatic rings. The van der Waals surface area contributed by atoms with E-state index in [1.807, 2.05) is 23.2 Å². The first-order valence-corrected chi connectivity index (χ1v) is 10.3. The Kier molecular flexibility index (Phi) is 5.29. The lowest BCUT2D eigenvalue weighted by molar-refractivity contribution is -0.274.